The molecule has 0 spiro atoms. The molecular weight excluding hydrogens is 280 g/mol. The Bertz CT molecular complexity index is 416. The van der Waals surface area contributed by atoms with E-state index in [2.05, 4.69) is 5.32 Å². The molecule has 1 heterocycles. The number of carbonyl (C=O) groups excluding carboxylic acids is 1. The molecule has 1 unspecified atom stereocenters. The molecule has 2 N–H and O–H groups in total. The number of rotatable bonds is 2. The second-order valence-electron chi connectivity index (χ2n) is 4.80. The van der Waals surface area contributed by atoms with E-state index in [1.165, 1.54) is 0 Å². The number of carbonyl (C=O) groups is 1. The third-order valence-corrected chi connectivity index (χ3v) is 3.30. The number of β-amino-alcohol motifs (C(OH)–C–C–N with tert-alkyl or cyclic N) is 1. The Kier molecular flexibility index (Phi) is 6.78. The maximum absolute atomic E-state index is 11.9. The van der Waals surface area contributed by atoms with Gasteiger partial charge >= 0.3 is 6.09 Å². The van der Waals surface area contributed by atoms with Gasteiger partial charge in [-0.25, -0.2) is 4.79 Å². The molecule has 0 aromatic heterocycles. The van der Waals surface area contributed by atoms with Crippen molar-refractivity contribution in [2.45, 2.75) is 25.7 Å². The van der Waals surface area contributed by atoms with Crippen LogP contribution in [-0.4, -0.2) is 47.9 Å². The van der Waals surface area contributed by atoms with E-state index >= 15 is 0 Å². The van der Waals surface area contributed by atoms with Crippen molar-refractivity contribution in [3.63, 3.8) is 0 Å². The van der Waals surface area contributed by atoms with Gasteiger partial charge in [0.15, 0.2) is 0 Å². The molecule has 0 bridgehead atoms. The topological polar surface area (TPSA) is 61.8 Å². The second kappa shape index (κ2) is 8.09. The van der Waals surface area contributed by atoms with E-state index in [-0.39, 0.29) is 31.1 Å². The van der Waals surface area contributed by atoms with Crippen molar-refractivity contribution in [1.82, 2.24) is 10.2 Å². The van der Waals surface area contributed by atoms with Gasteiger partial charge in [-0.3, -0.25) is 0 Å². The van der Waals surface area contributed by atoms with Gasteiger partial charge < -0.3 is 20.1 Å². The molecule has 6 heteroatoms. The van der Waals surface area contributed by atoms with Crippen LogP contribution >= 0.6 is 12.4 Å². The molecule has 1 amide bonds. The van der Waals surface area contributed by atoms with Crippen molar-refractivity contribution < 1.29 is 14.6 Å². The number of amides is 1. The van der Waals surface area contributed by atoms with Crippen molar-refractivity contribution in [2.75, 3.05) is 19.6 Å². The average Bonchev–Trinajstić information content (AvgIpc) is 2.60. The highest BCUT2D eigenvalue weighted by atomic mass is 35.5. The summed E-state index contributed by atoms with van der Waals surface area (Å²) >= 11 is 0. The summed E-state index contributed by atoms with van der Waals surface area (Å²) in [5.41, 5.74) is 0.956. The van der Waals surface area contributed by atoms with Gasteiger partial charge in [-0.2, -0.15) is 0 Å². The minimum atomic E-state index is -0.563. The van der Waals surface area contributed by atoms with Crippen molar-refractivity contribution >= 4 is 18.5 Å². The third-order valence-electron chi connectivity index (χ3n) is 3.30. The smallest absolute Gasteiger partial charge is 0.410 e. The first-order valence-electron chi connectivity index (χ1n) is 6.54. The van der Waals surface area contributed by atoms with Crippen LogP contribution in [0.15, 0.2) is 30.3 Å². The number of aliphatic hydroxyl groups excluding tert-OH is 1. The second-order valence-corrected chi connectivity index (χ2v) is 4.80. The van der Waals surface area contributed by atoms with Crippen molar-refractivity contribution in [3.8, 4) is 0 Å². The Morgan fingerprint density at radius 2 is 2.15 bits per heavy atom. The highest BCUT2D eigenvalue weighted by Crippen LogP contribution is 2.07. The Labute approximate surface area is 125 Å². The molecule has 1 saturated heterocycles. The number of nitrogens with zero attached hydrogens (tertiary/aromatic N) is 1. The number of hydrogen-bond donors (Lipinski definition) is 2. The molecule has 1 aromatic rings. The van der Waals surface area contributed by atoms with Crippen molar-refractivity contribution in [1.29, 1.82) is 0 Å². The van der Waals surface area contributed by atoms with Gasteiger partial charge in [0.25, 0.3) is 0 Å². The lowest BCUT2D eigenvalue weighted by atomic mass is 10.2. The van der Waals surface area contributed by atoms with Crippen LogP contribution < -0.4 is 5.32 Å². The van der Waals surface area contributed by atoms with Crippen LogP contribution in [0.4, 0.5) is 4.79 Å². The summed E-state index contributed by atoms with van der Waals surface area (Å²) in [6, 6.07) is 9.55. The van der Waals surface area contributed by atoms with Gasteiger partial charge in [0.1, 0.15) is 6.61 Å². The van der Waals surface area contributed by atoms with E-state index in [0.717, 1.165) is 5.56 Å². The zero-order valence-corrected chi connectivity index (χ0v) is 12.3. The quantitative estimate of drug-likeness (QED) is 0.867. The van der Waals surface area contributed by atoms with Crippen LogP contribution in [0.5, 0.6) is 0 Å². The van der Waals surface area contributed by atoms with Crippen molar-refractivity contribution in [3.05, 3.63) is 35.9 Å². The van der Waals surface area contributed by atoms with Crippen molar-refractivity contribution in [2.24, 2.45) is 0 Å². The summed E-state index contributed by atoms with van der Waals surface area (Å²) in [4.78, 5) is 13.5. The monoisotopic (exact) mass is 300 g/mol. The molecule has 20 heavy (non-hydrogen) atoms. The number of halogens is 1. The summed E-state index contributed by atoms with van der Waals surface area (Å²) in [5.74, 6) is 0. The normalized spacial score (nSPS) is 22.6. The molecular formula is C14H21ClN2O3. The van der Waals surface area contributed by atoms with E-state index in [4.69, 9.17) is 4.74 Å². The molecule has 1 fully saturated rings. The zero-order chi connectivity index (χ0) is 13.7. The fourth-order valence-corrected chi connectivity index (χ4v) is 2.01. The highest BCUT2D eigenvalue weighted by Gasteiger charge is 2.25. The highest BCUT2D eigenvalue weighted by molar-refractivity contribution is 5.85. The largest absolute Gasteiger partial charge is 0.445 e. The Morgan fingerprint density at radius 3 is 2.85 bits per heavy atom. The van der Waals surface area contributed by atoms with E-state index < -0.39 is 6.10 Å². The molecule has 2 atom stereocenters. The molecule has 1 aliphatic rings. The van der Waals surface area contributed by atoms with Crippen LogP contribution in [0.3, 0.4) is 0 Å². The maximum atomic E-state index is 11.9. The first-order valence-corrected chi connectivity index (χ1v) is 6.54. The Morgan fingerprint density at radius 1 is 1.45 bits per heavy atom. The lowest BCUT2D eigenvalue weighted by molar-refractivity contribution is 0.0706. The number of benzene rings is 1. The average molecular weight is 301 g/mol. The molecule has 1 aromatic carbocycles. The van der Waals surface area contributed by atoms with Gasteiger partial charge in [0.05, 0.1) is 12.6 Å². The van der Waals surface area contributed by atoms with E-state index in [0.29, 0.717) is 19.6 Å². The zero-order valence-electron chi connectivity index (χ0n) is 11.5. The minimum absolute atomic E-state index is 0. The molecule has 5 nitrogen and oxygen atoms in total. The maximum Gasteiger partial charge on any atom is 0.410 e. The molecule has 0 radical (unpaired) electrons. The molecule has 0 aliphatic carbocycles. The summed E-state index contributed by atoms with van der Waals surface area (Å²) in [6.07, 6.45) is -0.939. The number of ether oxygens (including phenoxy) is 1. The van der Waals surface area contributed by atoms with Crippen LogP contribution in [0.1, 0.15) is 12.5 Å². The van der Waals surface area contributed by atoms with Gasteiger partial charge in [-0.15, -0.1) is 12.4 Å². The molecule has 112 valence electrons. The SMILES string of the molecule is C[C@H]1NCCN(C(=O)OCc2ccccc2)CC1O.Cl. The summed E-state index contributed by atoms with van der Waals surface area (Å²) in [6.45, 7) is 3.69. The predicted molar refractivity (Wildman–Crippen MR) is 78.9 cm³/mol. The first-order chi connectivity index (χ1) is 9.16. The standard InChI is InChI=1S/C14H20N2O3.ClH/c1-11-13(17)9-16(8-7-15-11)14(18)19-10-12-5-3-2-4-6-12;/h2-6,11,13,15,17H,7-10H2,1H3;1H/t11-,13?;/m1./s1. The van der Waals surface area contributed by atoms with Crippen LogP contribution in [-0.2, 0) is 11.3 Å². The Balaban J connectivity index is 0.00000200. The van der Waals surface area contributed by atoms with E-state index in [1.54, 1.807) is 4.90 Å². The van der Waals surface area contributed by atoms with Gasteiger partial charge in [0.2, 0.25) is 0 Å². The number of nitrogens with one attached hydrogen (secondary N) is 1. The Hall–Kier alpha value is -1.30. The van der Waals surface area contributed by atoms with Gasteiger partial charge in [0, 0.05) is 19.1 Å². The van der Waals surface area contributed by atoms with E-state index in [1.807, 2.05) is 37.3 Å². The number of hydrogen-bond acceptors (Lipinski definition) is 4. The molecule has 2 rings (SSSR count). The fourth-order valence-electron chi connectivity index (χ4n) is 2.01. The minimum Gasteiger partial charge on any atom is -0.445 e. The first kappa shape index (κ1) is 16.8. The summed E-state index contributed by atoms with van der Waals surface area (Å²) in [7, 11) is 0. The third kappa shape index (κ3) is 4.67. The predicted octanol–water partition coefficient (Wildman–Crippen LogP) is 1.40. The fraction of sp³-hybridized carbons (Fsp3) is 0.500. The molecule has 0 saturated carbocycles. The lowest BCUT2D eigenvalue weighted by Crippen LogP contribution is -2.40. The van der Waals surface area contributed by atoms with Crippen LogP contribution in [0.25, 0.3) is 0 Å². The summed E-state index contributed by atoms with van der Waals surface area (Å²) in [5, 5.41) is 13.0. The van der Waals surface area contributed by atoms with E-state index in [9.17, 15) is 9.90 Å². The van der Waals surface area contributed by atoms with Crippen LogP contribution in [0.2, 0.25) is 0 Å². The van der Waals surface area contributed by atoms with Gasteiger partial charge in [-0.1, -0.05) is 30.3 Å². The number of aliphatic hydroxyl groups is 1. The van der Waals surface area contributed by atoms with Gasteiger partial charge in [-0.05, 0) is 12.5 Å². The summed E-state index contributed by atoms with van der Waals surface area (Å²) < 4.78 is 5.25. The van der Waals surface area contributed by atoms with Crippen LogP contribution in [0, 0.1) is 0 Å². The molecule has 1 aliphatic heterocycles. The lowest BCUT2D eigenvalue weighted by Gasteiger charge is -2.22.